The second-order valence-electron chi connectivity index (χ2n) is 5.40. The van der Waals surface area contributed by atoms with Crippen LogP contribution in [0.5, 0.6) is 0 Å². The molecule has 0 aromatic heterocycles. The molecule has 1 aromatic carbocycles. The fourth-order valence-electron chi connectivity index (χ4n) is 2.08. The minimum absolute atomic E-state index is 0.183. The number of carbonyl (C=O) groups excluding carboxylic acids is 1. The van der Waals surface area contributed by atoms with Crippen LogP contribution in [0.15, 0.2) is 30.3 Å². The summed E-state index contributed by atoms with van der Waals surface area (Å²) in [5, 5.41) is -0.818. The van der Waals surface area contributed by atoms with Crippen molar-refractivity contribution in [2.45, 2.75) is 51.2 Å². The van der Waals surface area contributed by atoms with Crippen molar-refractivity contribution in [2.75, 3.05) is 13.2 Å². The third-order valence-electron chi connectivity index (χ3n) is 3.42. The zero-order chi connectivity index (χ0) is 17.1. The molecule has 0 aliphatic rings. The maximum Gasteiger partial charge on any atom is 0.338 e. The molecule has 0 aliphatic carbocycles. The van der Waals surface area contributed by atoms with E-state index in [9.17, 15) is 13.2 Å². The Bertz CT molecular complexity index is 554. The van der Waals surface area contributed by atoms with Gasteiger partial charge >= 0.3 is 5.97 Å². The molecular weight excluding hydrogens is 316 g/mol. The minimum Gasteiger partial charge on any atom is -0.461 e. The van der Waals surface area contributed by atoms with E-state index in [2.05, 4.69) is 0 Å². The quantitative estimate of drug-likeness (QED) is 0.349. The molecule has 0 bridgehead atoms. The Morgan fingerprint density at radius 2 is 1.78 bits per heavy atom. The summed E-state index contributed by atoms with van der Waals surface area (Å²) in [4.78, 5) is 11.9. The average Bonchev–Trinajstić information content (AvgIpc) is 2.56. The van der Waals surface area contributed by atoms with Crippen molar-refractivity contribution >= 4 is 16.1 Å². The van der Waals surface area contributed by atoms with Crippen molar-refractivity contribution < 1.29 is 22.1 Å². The molecule has 0 saturated carbocycles. The van der Waals surface area contributed by atoms with Gasteiger partial charge in [-0.05, 0) is 25.0 Å². The Labute approximate surface area is 139 Å². The van der Waals surface area contributed by atoms with E-state index in [0.717, 1.165) is 12.8 Å². The lowest BCUT2D eigenvalue weighted by molar-refractivity contribution is 0.0498. The van der Waals surface area contributed by atoms with Gasteiger partial charge in [-0.15, -0.1) is 0 Å². The summed E-state index contributed by atoms with van der Waals surface area (Å²) in [6, 6.07) is 8.52. The molecule has 5 nitrogen and oxygen atoms in total. The first kappa shape index (κ1) is 19.6. The SMILES string of the molecule is CCCCCOS(=O)(=O)C(CCC)COC(=O)c1ccccc1. The first-order valence-electron chi connectivity index (χ1n) is 8.11. The number of unbranched alkanes of at least 4 members (excludes halogenated alkanes) is 2. The van der Waals surface area contributed by atoms with E-state index in [-0.39, 0.29) is 13.2 Å². The van der Waals surface area contributed by atoms with Gasteiger partial charge in [0.05, 0.1) is 12.2 Å². The molecule has 0 fully saturated rings. The summed E-state index contributed by atoms with van der Waals surface area (Å²) >= 11 is 0. The molecule has 23 heavy (non-hydrogen) atoms. The molecule has 0 N–H and O–H groups in total. The van der Waals surface area contributed by atoms with Gasteiger partial charge in [-0.1, -0.05) is 51.3 Å². The van der Waals surface area contributed by atoms with Crippen LogP contribution in [0.1, 0.15) is 56.3 Å². The molecule has 0 aliphatic heterocycles. The Morgan fingerprint density at radius 3 is 2.39 bits per heavy atom. The van der Waals surface area contributed by atoms with Crippen molar-refractivity contribution in [2.24, 2.45) is 0 Å². The van der Waals surface area contributed by atoms with Crippen LogP contribution in [0.2, 0.25) is 0 Å². The highest BCUT2D eigenvalue weighted by Gasteiger charge is 2.27. The molecule has 1 atom stereocenters. The number of ether oxygens (including phenoxy) is 1. The van der Waals surface area contributed by atoms with E-state index in [0.29, 0.717) is 24.8 Å². The molecule has 1 unspecified atom stereocenters. The predicted molar refractivity (Wildman–Crippen MR) is 89.8 cm³/mol. The van der Waals surface area contributed by atoms with Gasteiger partial charge in [0.15, 0.2) is 0 Å². The first-order valence-corrected chi connectivity index (χ1v) is 9.58. The van der Waals surface area contributed by atoms with E-state index >= 15 is 0 Å². The van der Waals surface area contributed by atoms with Gasteiger partial charge < -0.3 is 4.74 Å². The van der Waals surface area contributed by atoms with Crippen LogP contribution in [0.4, 0.5) is 0 Å². The van der Waals surface area contributed by atoms with Crippen LogP contribution in [-0.4, -0.2) is 32.9 Å². The summed E-state index contributed by atoms with van der Waals surface area (Å²) < 4.78 is 34.7. The minimum atomic E-state index is -3.72. The lowest BCUT2D eigenvalue weighted by atomic mass is 10.2. The van der Waals surface area contributed by atoms with Crippen LogP contribution in [0.25, 0.3) is 0 Å². The summed E-state index contributed by atoms with van der Waals surface area (Å²) in [5.41, 5.74) is 0.406. The van der Waals surface area contributed by atoms with E-state index in [1.807, 2.05) is 13.8 Å². The maximum absolute atomic E-state index is 12.2. The van der Waals surface area contributed by atoms with Crippen molar-refractivity contribution in [1.29, 1.82) is 0 Å². The summed E-state index contributed by atoms with van der Waals surface area (Å²) in [7, 11) is -3.72. The van der Waals surface area contributed by atoms with Crippen LogP contribution < -0.4 is 0 Å². The zero-order valence-electron chi connectivity index (χ0n) is 13.9. The Morgan fingerprint density at radius 1 is 1.09 bits per heavy atom. The summed E-state index contributed by atoms with van der Waals surface area (Å²) in [5.74, 6) is -0.520. The third kappa shape index (κ3) is 7.14. The van der Waals surface area contributed by atoms with E-state index in [4.69, 9.17) is 8.92 Å². The van der Waals surface area contributed by atoms with E-state index in [1.54, 1.807) is 30.3 Å². The number of hydrogen-bond acceptors (Lipinski definition) is 5. The van der Waals surface area contributed by atoms with Gasteiger partial charge in [-0.3, -0.25) is 4.18 Å². The molecule has 0 saturated heterocycles. The normalized spacial score (nSPS) is 12.8. The van der Waals surface area contributed by atoms with Gasteiger partial charge in [0, 0.05) is 0 Å². The van der Waals surface area contributed by atoms with Crippen LogP contribution in [0, 0.1) is 0 Å². The smallest absolute Gasteiger partial charge is 0.338 e. The number of rotatable bonds is 11. The van der Waals surface area contributed by atoms with Crippen molar-refractivity contribution in [1.82, 2.24) is 0 Å². The van der Waals surface area contributed by atoms with Crippen molar-refractivity contribution in [3.8, 4) is 0 Å². The molecule has 0 heterocycles. The fourth-order valence-corrected chi connectivity index (χ4v) is 3.38. The Hall–Kier alpha value is -1.40. The molecule has 6 heteroatoms. The number of benzene rings is 1. The van der Waals surface area contributed by atoms with Crippen molar-refractivity contribution in [3.63, 3.8) is 0 Å². The van der Waals surface area contributed by atoms with Crippen LogP contribution >= 0.6 is 0 Å². The van der Waals surface area contributed by atoms with Crippen LogP contribution in [0.3, 0.4) is 0 Å². The molecule has 1 aromatic rings. The van der Waals surface area contributed by atoms with Gasteiger partial charge in [-0.2, -0.15) is 8.42 Å². The molecule has 0 spiro atoms. The maximum atomic E-state index is 12.2. The largest absolute Gasteiger partial charge is 0.461 e. The van der Waals surface area contributed by atoms with Gasteiger partial charge in [0.25, 0.3) is 10.1 Å². The third-order valence-corrected chi connectivity index (χ3v) is 5.11. The number of hydrogen-bond donors (Lipinski definition) is 0. The topological polar surface area (TPSA) is 69.7 Å². The van der Waals surface area contributed by atoms with Gasteiger partial charge in [0.2, 0.25) is 0 Å². The van der Waals surface area contributed by atoms with E-state index in [1.165, 1.54) is 0 Å². The molecule has 0 amide bonds. The van der Waals surface area contributed by atoms with Gasteiger partial charge in [-0.25, -0.2) is 4.79 Å². The average molecular weight is 342 g/mol. The number of carbonyl (C=O) groups is 1. The molecule has 0 radical (unpaired) electrons. The highest BCUT2D eigenvalue weighted by atomic mass is 32.2. The Kier molecular flexibility index (Phi) is 8.87. The van der Waals surface area contributed by atoms with Crippen LogP contribution in [-0.2, 0) is 19.0 Å². The predicted octanol–water partition coefficient (Wildman–Crippen LogP) is 3.55. The number of esters is 1. The summed E-state index contributed by atoms with van der Waals surface area (Å²) in [6.45, 7) is 3.93. The summed E-state index contributed by atoms with van der Waals surface area (Å²) in [6.07, 6.45) is 3.70. The van der Waals surface area contributed by atoms with Crippen molar-refractivity contribution in [3.05, 3.63) is 35.9 Å². The highest BCUT2D eigenvalue weighted by Crippen LogP contribution is 2.14. The lowest BCUT2D eigenvalue weighted by Crippen LogP contribution is -2.30. The second-order valence-corrected chi connectivity index (χ2v) is 7.29. The first-order chi connectivity index (χ1) is 11.0. The second kappa shape index (κ2) is 10.4. The monoisotopic (exact) mass is 342 g/mol. The molecule has 1 rings (SSSR count). The standard InChI is InChI=1S/C17H26O5S/c1-3-5-9-13-22-23(19,20)16(10-4-2)14-21-17(18)15-11-7-6-8-12-15/h6-8,11-12,16H,3-5,9-10,13-14H2,1-2H3. The highest BCUT2D eigenvalue weighted by molar-refractivity contribution is 7.87. The van der Waals surface area contributed by atoms with Gasteiger partial charge in [0.1, 0.15) is 11.9 Å². The Balaban J connectivity index is 2.58. The molecular formula is C17H26O5S. The van der Waals surface area contributed by atoms with E-state index < -0.39 is 21.3 Å². The molecule has 130 valence electrons. The lowest BCUT2D eigenvalue weighted by Gasteiger charge is -2.17. The zero-order valence-corrected chi connectivity index (χ0v) is 14.7. The fraction of sp³-hybridized carbons (Fsp3) is 0.588.